The fourth-order valence-electron chi connectivity index (χ4n) is 3.59. The number of nitrogens with two attached hydrogens (primary N) is 1. The summed E-state index contributed by atoms with van der Waals surface area (Å²) in [7, 11) is 1.22. The minimum atomic E-state index is -1.70. The van der Waals surface area contributed by atoms with Crippen LogP contribution < -0.4 is 10.5 Å². The summed E-state index contributed by atoms with van der Waals surface area (Å²) >= 11 is 0. The molecule has 2 N–H and O–H groups in total. The van der Waals surface area contributed by atoms with Crippen LogP contribution in [-0.4, -0.2) is 30.4 Å². The molecule has 26 heavy (non-hydrogen) atoms. The molecule has 1 spiro atoms. The summed E-state index contributed by atoms with van der Waals surface area (Å²) in [5.41, 5.74) is 4.95. The van der Waals surface area contributed by atoms with Gasteiger partial charge in [-0.15, -0.1) is 6.58 Å². The molecule has 1 aromatic rings. The number of hydrogen-bond donors (Lipinski definition) is 1. The molecular weight excluding hydrogens is 334 g/mol. The summed E-state index contributed by atoms with van der Waals surface area (Å²) in [6.07, 6.45) is 1.54. The Morgan fingerprint density at radius 3 is 2.81 bits per heavy atom. The molecule has 2 aliphatic heterocycles. The largest absolute Gasteiger partial charge is 0.466 e. The summed E-state index contributed by atoms with van der Waals surface area (Å²) in [6, 6.07) is 8.66. The van der Waals surface area contributed by atoms with Crippen LogP contribution in [0.5, 0.6) is 5.75 Å². The highest BCUT2D eigenvalue weighted by Crippen LogP contribution is 2.53. The fraction of sp³-hybridized carbons (Fsp3) is 0.211. The van der Waals surface area contributed by atoms with Gasteiger partial charge in [0.05, 0.1) is 12.7 Å². The molecule has 0 radical (unpaired) electrons. The van der Waals surface area contributed by atoms with Gasteiger partial charge in [-0.2, -0.15) is 5.26 Å². The predicted octanol–water partition coefficient (Wildman–Crippen LogP) is 1.49. The zero-order chi connectivity index (χ0) is 19.1. The Bertz CT molecular complexity index is 938. The van der Waals surface area contributed by atoms with Crippen LogP contribution >= 0.6 is 0 Å². The van der Waals surface area contributed by atoms with Crippen molar-refractivity contribution in [2.24, 2.45) is 5.73 Å². The summed E-state index contributed by atoms with van der Waals surface area (Å²) in [5, 5.41) is 9.77. The second-order valence-electron chi connectivity index (χ2n) is 5.86. The van der Waals surface area contributed by atoms with E-state index in [1.165, 1.54) is 12.0 Å². The van der Waals surface area contributed by atoms with Gasteiger partial charge in [-0.05, 0) is 13.0 Å². The number of benzene rings is 1. The number of allylic oxidation sites excluding steroid dienone is 1. The Labute approximate surface area is 150 Å². The SMILES string of the molecule is C=CCN1C(=O)C2(C(C#N)=C(N)Oc3ccccc32)C(C(=O)OC)=C1C. The smallest absolute Gasteiger partial charge is 0.337 e. The van der Waals surface area contributed by atoms with E-state index in [4.69, 9.17) is 15.2 Å². The molecule has 0 aliphatic carbocycles. The van der Waals surface area contributed by atoms with Gasteiger partial charge in [0.15, 0.2) is 5.41 Å². The van der Waals surface area contributed by atoms with Crippen LogP contribution in [0, 0.1) is 11.3 Å². The molecule has 1 unspecified atom stereocenters. The number of rotatable bonds is 3. The van der Waals surface area contributed by atoms with E-state index in [1.54, 1.807) is 37.3 Å². The van der Waals surface area contributed by atoms with Crippen molar-refractivity contribution in [3.05, 3.63) is 65.2 Å². The molecular formula is C19H17N3O4. The molecule has 1 atom stereocenters. The van der Waals surface area contributed by atoms with E-state index in [9.17, 15) is 14.9 Å². The van der Waals surface area contributed by atoms with Crippen LogP contribution in [0.25, 0.3) is 0 Å². The number of carbonyl (C=O) groups excluding carboxylic acids is 2. The molecule has 132 valence electrons. The van der Waals surface area contributed by atoms with Crippen molar-refractivity contribution in [3.8, 4) is 11.8 Å². The zero-order valence-corrected chi connectivity index (χ0v) is 14.4. The number of esters is 1. The van der Waals surface area contributed by atoms with Gasteiger partial charge in [-0.1, -0.05) is 24.3 Å². The van der Waals surface area contributed by atoms with E-state index in [0.717, 1.165) is 0 Å². The average Bonchev–Trinajstić information content (AvgIpc) is 2.84. The molecule has 7 heteroatoms. The molecule has 3 rings (SSSR count). The molecule has 1 aromatic carbocycles. The topological polar surface area (TPSA) is 106 Å². The van der Waals surface area contributed by atoms with Crippen molar-refractivity contribution >= 4 is 11.9 Å². The molecule has 1 amide bonds. The number of amides is 1. The van der Waals surface area contributed by atoms with Gasteiger partial charge in [-0.25, -0.2) is 4.79 Å². The number of nitrogens with zero attached hydrogens (tertiary/aromatic N) is 2. The summed E-state index contributed by atoms with van der Waals surface area (Å²) < 4.78 is 10.5. The lowest BCUT2D eigenvalue weighted by Crippen LogP contribution is -2.47. The van der Waals surface area contributed by atoms with Gasteiger partial charge >= 0.3 is 5.97 Å². The van der Waals surface area contributed by atoms with E-state index < -0.39 is 17.3 Å². The zero-order valence-electron chi connectivity index (χ0n) is 14.4. The Morgan fingerprint density at radius 1 is 1.50 bits per heavy atom. The lowest BCUT2D eigenvalue weighted by atomic mass is 9.68. The molecule has 2 heterocycles. The number of ether oxygens (including phenoxy) is 2. The molecule has 2 aliphatic rings. The highest BCUT2D eigenvalue weighted by atomic mass is 16.5. The number of methoxy groups -OCH3 is 1. The van der Waals surface area contributed by atoms with Crippen molar-refractivity contribution in [2.45, 2.75) is 12.3 Å². The maximum atomic E-state index is 13.5. The molecule has 0 saturated heterocycles. The molecule has 0 aromatic heterocycles. The highest BCUT2D eigenvalue weighted by Gasteiger charge is 2.61. The lowest BCUT2D eigenvalue weighted by Gasteiger charge is -2.35. The number of hydrogen-bond acceptors (Lipinski definition) is 6. The standard InChI is InChI=1S/C19H17N3O4/c1-4-9-22-11(2)15(17(23)25-3)19(18(22)24)12-7-5-6-8-14(12)26-16(21)13(19)10-20/h4-8H,1,9,21H2,2-3H3. The van der Waals surface area contributed by atoms with Crippen molar-refractivity contribution in [1.82, 2.24) is 4.90 Å². The lowest BCUT2D eigenvalue weighted by molar-refractivity contribution is -0.138. The first-order chi connectivity index (χ1) is 12.4. The van der Waals surface area contributed by atoms with Crippen LogP contribution in [0.15, 0.2) is 59.6 Å². The Morgan fingerprint density at radius 2 is 2.19 bits per heavy atom. The Hall–Kier alpha value is -3.53. The van der Waals surface area contributed by atoms with Crippen molar-refractivity contribution in [3.63, 3.8) is 0 Å². The van der Waals surface area contributed by atoms with Crippen LogP contribution in [0.4, 0.5) is 0 Å². The van der Waals surface area contributed by atoms with E-state index in [2.05, 4.69) is 6.58 Å². The first-order valence-electron chi connectivity index (χ1n) is 7.85. The first kappa shape index (κ1) is 17.3. The summed E-state index contributed by atoms with van der Waals surface area (Å²) in [5.74, 6) is -1.08. The fourth-order valence-corrected chi connectivity index (χ4v) is 3.59. The second-order valence-corrected chi connectivity index (χ2v) is 5.86. The second kappa shape index (κ2) is 6.08. The van der Waals surface area contributed by atoms with Crippen molar-refractivity contribution < 1.29 is 19.1 Å². The van der Waals surface area contributed by atoms with Crippen LogP contribution in [-0.2, 0) is 19.7 Å². The van der Waals surface area contributed by atoms with Gasteiger partial charge in [0.2, 0.25) is 11.8 Å². The number of carbonyl (C=O) groups is 2. The minimum absolute atomic E-state index is 0.0575. The Balaban J connectivity index is 2.46. The van der Waals surface area contributed by atoms with E-state index >= 15 is 0 Å². The van der Waals surface area contributed by atoms with E-state index in [0.29, 0.717) is 17.0 Å². The van der Waals surface area contributed by atoms with Crippen molar-refractivity contribution in [1.29, 1.82) is 5.26 Å². The maximum Gasteiger partial charge on any atom is 0.337 e. The van der Waals surface area contributed by atoms with E-state index in [1.807, 2.05) is 6.07 Å². The van der Waals surface area contributed by atoms with Gasteiger partial charge in [0.25, 0.3) is 0 Å². The first-order valence-corrected chi connectivity index (χ1v) is 7.85. The van der Waals surface area contributed by atoms with Gasteiger partial charge in [0.1, 0.15) is 17.4 Å². The average molecular weight is 351 g/mol. The van der Waals surface area contributed by atoms with Crippen LogP contribution in [0.2, 0.25) is 0 Å². The molecule has 0 saturated carbocycles. The van der Waals surface area contributed by atoms with Gasteiger partial charge in [-0.3, -0.25) is 4.79 Å². The third-order valence-corrected chi connectivity index (χ3v) is 4.65. The molecule has 7 nitrogen and oxygen atoms in total. The van der Waals surface area contributed by atoms with Gasteiger partial charge < -0.3 is 20.1 Å². The quantitative estimate of drug-likeness (QED) is 0.653. The molecule has 0 fully saturated rings. The normalized spacial score (nSPS) is 21.4. The van der Waals surface area contributed by atoms with Gasteiger partial charge in [0, 0.05) is 17.8 Å². The third kappa shape index (κ3) is 1.99. The third-order valence-electron chi connectivity index (χ3n) is 4.65. The van der Waals surface area contributed by atoms with Crippen molar-refractivity contribution in [2.75, 3.05) is 13.7 Å². The number of nitriles is 1. The van der Waals surface area contributed by atoms with Crippen LogP contribution in [0.1, 0.15) is 12.5 Å². The predicted molar refractivity (Wildman–Crippen MR) is 92.2 cm³/mol. The minimum Gasteiger partial charge on any atom is -0.466 e. The Kier molecular flexibility index (Phi) is 4.04. The van der Waals surface area contributed by atoms with Crippen LogP contribution in [0.3, 0.4) is 0 Å². The summed E-state index contributed by atoms with van der Waals surface area (Å²) in [6.45, 7) is 5.46. The summed E-state index contributed by atoms with van der Waals surface area (Å²) in [4.78, 5) is 27.6. The monoisotopic (exact) mass is 351 g/mol. The van der Waals surface area contributed by atoms with E-state index in [-0.39, 0.29) is 23.6 Å². The molecule has 0 bridgehead atoms. The number of fused-ring (bicyclic) bond motifs is 2. The maximum absolute atomic E-state index is 13.5. The number of para-hydroxylation sites is 1. The highest BCUT2D eigenvalue weighted by molar-refractivity contribution is 6.12.